The minimum absolute atomic E-state index is 0.117. The van der Waals surface area contributed by atoms with Gasteiger partial charge < -0.3 is 29.2 Å². The van der Waals surface area contributed by atoms with Crippen molar-refractivity contribution in [3.8, 4) is 22.9 Å². The van der Waals surface area contributed by atoms with Gasteiger partial charge in [-0.2, -0.15) is 0 Å². The first-order valence-corrected chi connectivity index (χ1v) is 9.60. The number of rotatable bonds is 3. The third-order valence-electron chi connectivity index (χ3n) is 5.93. The molecule has 0 spiro atoms. The van der Waals surface area contributed by atoms with Gasteiger partial charge in [0.2, 0.25) is 13.2 Å². The number of aromatic nitrogens is 2. The molecule has 3 aromatic rings. The Balaban J connectivity index is 1.63. The predicted molar refractivity (Wildman–Crippen MR) is 104 cm³/mol. The summed E-state index contributed by atoms with van der Waals surface area (Å²) >= 11 is 0. The molecule has 3 aliphatic heterocycles. The zero-order valence-corrected chi connectivity index (χ0v) is 16.0. The standard InChI is InChI=1S/C21H15N3O7/c25-7-22-4-11-9-2-16-17(31-8-30-16)3-14(9)23-18-12(11)5-24-15(18)1-10-13(20(24)27)6-29-21(28)19(10)26/h1-3,7,19,26H,4-6,8H2,(H,22,25)/t19-/m0/s1. The lowest BCUT2D eigenvalue weighted by Gasteiger charge is -2.21. The Morgan fingerprint density at radius 2 is 1.97 bits per heavy atom. The first-order valence-electron chi connectivity index (χ1n) is 9.60. The molecule has 0 fully saturated rings. The molecular weight excluding hydrogens is 406 g/mol. The van der Waals surface area contributed by atoms with Gasteiger partial charge in [-0.1, -0.05) is 0 Å². The summed E-state index contributed by atoms with van der Waals surface area (Å²) in [5.74, 6) is 0.363. The second-order valence-corrected chi connectivity index (χ2v) is 7.50. The van der Waals surface area contributed by atoms with Crippen LogP contribution in [0, 0.1) is 0 Å². The van der Waals surface area contributed by atoms with Gasteiger partial charge in [0.15, 0.2) is 17.6 Å². The molecule has 2 N–H and O–H groups in total. The number of hydrogen-bond acceptors (Lipinski definition) is 8. The van der Waals surface area contributed by atoms with Crippen LogP contribution in [0.5, 0.6) is 11.5 Å². The third kappa shape index (κ3) is 2.42. The molecule has 0 saturated heterocycles. The van der Waals surface area contributed by atoms with Gasteiger partial charge in [0, 0.05) is 29.1 Å². The normalized spacial score (nSPS) is 17.7. The number of aliphatic hydroxyl groups excluding tert-OH is 1. The molecule has 10 heteroatoms. The number of aliphatic hydroxyl groups is 1. The largest absolute Gasteiger partial charge is 0.458 e. The van der Waals surface area contributed by atoms with Crippen LogP contribution in [0.3, 0.4) is 0 Å². The molecule has 3 aliphatic rings. The number of carbonyl (C=O) groups is 2. The summed E-state index contributed by atoms with van der Waals surface area (Å²) in [6.45, 7) is 0.411. The molecule has 1 atom stereocenters. The number of hydrogen-bond donors (Lipinski definition) is 2. The Morgan fingerprint density at radius 1 is 1.16 bits per heavy atom. The van der Waals surface area contributed by atoms with Gasteiger partial charge in [0.05, 0.1) is 29.0 Å². The van der Waals surface area contributed by atoms with E-state index in [1.807, 2.05) is 6.07 Å². The summed E-state index contributed by atoms with van der Waals surface area (Å²) < 4.78 is 17.4. The van der Waals surface area contributed by atoms with Crippen LogP contribution in [0.2, 0.25) is 0 Å². The number of esters is 1. The van der Waals surface area contributed by atoms with E-state index < -0.39 is 12.1 Å². The van der Waals surface area contributed by atoms with E-state index in [9.17, 15) is 19.5 Å². The van der Waals surface area contributed by atoms with Crippen molar-refractivity contribution in [2.75, 3.05) is 6.79 Å². The Hall–Kier alpha value is -3.92. The second-order valence-electron chi connectivity index (χ2n) is 7.50. The molecule has 0 radical (unpaired) electrons. The zero-order valence-electron chi connectivity index (χ0n) is 16.0. The van der Waals surface area contributed by atoms with Crippen molar-refractivity contribution in [2.45, 2.75) is 25.8 Å². The molecule has 1 amide bonds. The number of benzene rings is 1. The summed E-state index contributed by atoms with van der Waals surface area (Å²) in [7, 11) is 0. The maximum absolute atomic E-state index is 13.1. The highest BCUT2D eigenvalue weighted by Gasteiger charge is 2.35. The van der Waals surface area contributed by atoms with Gasteiger partial charge in [-0.15, -0.1) is 0 Å². The molecule has 10 nitrogen and oxygen atoms in total. The van der Waals surface area contributed by atoms with Gasteiger partial charge in [-0.05, 0) is 17.7 Å². The average Bonchev–Trinajstić information content (AvgIpc) is 3.37. The van der Waals surface area contributed by atoms with Gasteiger partial charge in [0.1, 0.15) is 6.61 Å². The fourth-order valence-electron chi connectivity index (χ4n) is 4.44. The molecule has 0 aliphatic carbocycles. The molecule has 156 valence electrons. The maximum Gasteiger partial charge on any atom is 0.340 e. The minimum Gasteiger partial charge on any atom is -0.458 e. The average molecular weight is 421 g/mol. The minimum atomic E-state index is -1.52. The van der Waals surface area contributed by atoms with E-state index in [2.05, 4.69) is 5.32 Å². The fourth-order valence-corrected chi connectivity index (χ4v) is 4.44. The molecule has 0 bridgehead atoms. The zero-order chi connectivity index (χ0) is 21.3. The monoisotopic (exact) mass is 421 g/mol. The lowest BCUT2D eigenvalue weighted by molar-refractivity contribution is -0.157. The van der Waals surface area contributed by atoms with E-state index in [1.54, 1.807) is 16.7 Å². The Kier molecular flexibility index (Phi) is 3.63. The van der Waals surface area contributed by atoms with Crippen LogP contribution in [0.25, 0.3) is 22.3 Å². The summed E-state index contributed by atoms with van der Waals surface area (Å²) in [6.07, 6.45) is -0.908. The van der Waals surface area contributed by atoms with E-state index in [1.165, 1.54) is 0 Å². The summed E-state index contributed by atoms with van der Waals surface area (Å²) in [5, 5.41) is 13.7. The number of carbonyl (C=O) groups excluding carboxylic acids is 2. The molecule has 6 rings (SSSR count). The molecule has 5 heterocycles. The van der Waals surface area contributed by atoms with Crippen LogP contribution < -0.4 is 20.3 Å². The third-order valence-corrected chi connectivity index (χ3v) is 5.93. The first-order chi connectivity index (χ1) is 15.1. The number of amides is 1. The maximum atomic E-state index is 13.1. The molecule has 1 aromatic carbocycles. The summed E-state index contributed by atoms with van der Waals surface area (Å²) in [6, 6.07) is 5.20. The topological polar surface area (TPSA) is 129 Å². The summed E-state index contributed by atoms with van der Waals surface area (Å²) in [4.78, 5) is 40.7. The van der Waals surface area contributed by atoms with E-state index in [-0.39, 0.29) is 43.2 Å². The van der Waals surface area contributed by atoms with Gasteiger partial charge in [0.25, 0.3) is 5.56 Å². The fraction of sp³-hybridized carbons (Fsp3) is 0.238. The number of fused-ring (bicyclic) bond motifs is 6. The van der Waals surface area contributed by atoms with E-state index in [4.69, 9.17) is 19.2 Å². The smallest absolute Gasteiger partial charge is 0.340 e. The van der Waals surface area contributed by atoms with E-state index in [0.29, 0.717) is 34.8 Å². The van der Waals surface area contributed by atoms with Crippen molar-refractivity contribution in [1.29, 1.82) is 0 Å². The molecule has 0 unspecified atom stereocenters. The molecule has 31 heavy (non-hydrogen) atoms. The van der Waals surface area contributed by atoms with E-state index in [0.717, 1.165) is 16.5 Å². The van der Waals surface area contributed by atoms with Crippen molar-refractivity contribution in [1.82, 2.24) is 14.9 Å². The highest BCUT2D eigenvalue weighted by Crippen LogP contribution is 2.42. The molecule has 0 saturated carbocycles. The Morgan fingerprint density at radius 3 is 2.77 bits per heavy atom. The van der Waals surface area contributed by atoms with Crippen LogP contribution >= 0.6 is 0 Å². The van der Waals surface area contributed by atoms with Crippen LogP contribution in [0.1, 0.15) is 28.4 Å². The highest BCUT2D eigenvalue weighted by molar-refractivity contribution is 5.91. The lowest BCUT2D eigenvalue weighted by atomic mass is 9.98. The molecule has 2 aromatic heterocycles. The van der Waals surface area contributed by atoms with Crippen LogP contribution in [-0.2, 0) is 34.0 Å². The number of ether oxygens (including phenoxy) is 3. The van der Waals surface area contributed by atoms with Crippen LogP contribution in [-0.4, -0.2) is 33.8 Å². The number of pyridine rings is 2. The second kappa shape index (κ2) is 6.29. The Bertz CT molecular complexity index is 1380. The van der Waals surface area contributed by atoms with Crippen LogP contribution in [0.4, 0.5) is 0 Å². The quantitative estimate of drug-likeness (QED) is 0.361. The number of nitrogens with one attached hydrogen (secondary N) is 1. The van der Waals surface area contributed by atoms with Crippen molar-refractivity contribution in [2.24, 2.45) is 0 Å². The van der Waals surface area contributed by atoms with Gasteiger partial charge in [-0.25, -0.2) is 9.78 Å². The number of nitrogens with zero attached hydrogens (tertiary/aromatic N) is 2. The van der Waals surface area contributed by atoms with E-state index >= 15 is 0 Å². The van der Waals surface area contributed by atoms with Gasteiger partial charge >= 0.3 is 5.97 Å². The predicted octanol–water partition coefficient (Wildman–Crippen LogP) is 0.490. The van der Waals surface area contributed by atoms with Crippen molar-refractivity contribution in [3.63, 3.8) is 0 Å². The number of cyclic esters (lactones) is 1. The van der Waals surface area contributed by atoms with Crippen molar-refractivity contribution >= 4 is 23.3 Å². The van der Waals surface area contributed by atoms with Crippen molar-refractivity contribution < 1.29 is 28.9 Å². The summed E-state index contributed by atoms with van der Waals surface area (Å²) in [5.41, 5.74) is 3.40. The molecular formula is C21H15N3O7. The Labute approximate surface area is 174 Å². The highest BCUT2D eigenvalue weighted by atomic mass is 16.7. The van der Waals surface area contributed by atoms with Gasteiger partial charge in [-0.3, -0.25) is 9.59 Å². The first kappa shape index (κ1) is 17.9. The lowest BCUT2D eigenvalue weighted by Crippen LogP contribution is -2.32. The SMILES string of the molecule is O=CNCc1c2c(nc3cc4c(cc13)OCO4)-c1cc3c(c(=O)n1C2)COC(=O)[C@H]3O. The van der Waals surface area contributed by atoms with Crippen LogP contribution in [0.15, 0.2) is 23.0 Å². The van der Waals surface area contributed by atoms with Crippen molar-refractivity contribution in [3.05, 3.63) is 50.8 Å².